The van der Waals surface area contributed by atoms with Gasteiger partial charge in [0.05, 0.1) is 6.61 Å². The van der Waals surface area contributed by atoms with Crippen molar-refractivity contribution >= 4 is 35.1 Å². The van der Waals surface area contributed by atoms with Crippen molar-refractivity contribution in [3.63, 3.8) is 0 Å². The zero-order valence-electron chi connectivity index (χ0n) is 19.5. The standard InChI is InChI=1S/C25H31N3O5S/c1-18-13-14-21(19(2)16-18)33-17-23(30)27-28-25(34)26-22(29)11-6-12-24(31)32-15-7-10-20-8-4-3-5-9-20/h3-5,8-9,13-14,16H,6-7,10-12,15,17H2,1-2H3,(H,27,30)(H2,26,28,29,34). The lowest BCUT2D eigenvalue weighted by Crippen LogP contribution is -2.49. The second-order valence-electron chi connectivity index (χ2n) is 7.77. The fourth-order valence-electron chi connectivity index (χ4n) is 3.06. The van der Waals surface area contributed by atoms with Crippen molar-refractivity contribution in [3.05, 3.63) is 65.2 Å². The first-order valence-electron chi connectivity index (χ1n) is 11.1. The summed E-state index contributed by atoms with van der Waals surface area (Å²) in [5, 5.41) is 2.39. The summed E-state index contributed by atoms with van der Waals surface area (Å²) in [4.78, 5) is 35.6. The number of amides is 2. The zero-order valence-corrected chi connectivity index (χ0v) is 20.3. The van der Waals surface area contributed by atoms with E-state index in [1.807, 2.05) is 56.3 Å². The number of aryl methyl sites for hydroxylation is 3. The largest absolute Gasteiger partial charge is 0.483 e. The van der Waals surface area contributed by atoms with Crippen LogP contribution in [0.3, 0.4) is 0 Å². The summed E-state index contributed by atoms with van der Waals surface area (Å²) in [6, 6.07) is 15.6. The molecule has 0 aliphatic carbocycles. The van der Waals surface area contributed by atoms with Gasteiger partial charge in [-0.05, 0) is 62.5 Å². The molecule has 0 radical (unpaired) electrons. The van der Waals surface area contributed by atoms with Gasteiger partial charge in [0.2, 0.25) is 5.91 Å². The predicted molar refractivity (Wildman–Crippen MR) is 133 cm³/mol. The number of hydrogen-bond acceptors (Lipinski definition) is 6. The Morgan fingerprint density at radius 2 is 1.68 bits per heavy atom. The molecule has 2 rings (SSSR count). The van der Waals surface area contributed by atoms with Crippen molar-refractivity contribution in [1.29, 1.82) is 0 Å². The number of hydrogen-bond donors (Lipinski definition) is 3. The maximum absolute atomic E-state index is 11.9. The lowest BCUT2D eigenvalue weighted by Gasteiger charge is -2.12. The molecular weight excluding hydrogens is 454 g/mol. The van der Waals surface area contributed by atoms with Crippen LogP contribution >= 0.6 is 12.2 Å². The Balaban J connectivity index is 1.51. The Hall–Kier alpha value is -3.46. The third-order valence-corrected chi connectivity index (χ3v) is 4.96. The smallest absolute Gasteiger partial charge is 0.305 e. The molecule has 2 aromatic carbocycles. The Morgan fingerprint density at radius 3 is 2.41 bits per heavy atom. The van der Waals surface area contributed by atoms with E-state index in [0.717, 1.165) is 24.0 Å². The normalized spacial score (nSPS) is 10.2. The number of nitrogens with one attached hydrogen (secondary N) is 3. The summed E-state index contributed by atoms with van der Waals surface area (Å²) in [5.41, 5.74) is 8.04. The maximum atomic E-state index is 11.9. The van der Waals surface area contributed by atoms with Gasteiger partial charge in [0.25, 0.3) is 5.91 Å². The summed E-state index contributed by atoms with van der Waals surface area (Å²) in [7, 11) is 0. The average molecular weight is 486 g/mol. The van der Waals surface area contributed by atoms with Gasteiger partial charge in [0, 0.05) is 12.8 Å². The number of ether oxygens (including phenoxy) is 2. The monoisotopic (exact) mass is 485 g/mol. The van der Waals surface area contributed by atoms with Gasteiger partial charge in [-0.15, -0.1) is 0 Å². The van der Waals surface area contributed by atoms with Gasteiger partial charge in [0.15, 0.2) is 11.7 Å². The first kappa shape index (κ1) is 26.8. The minimum absolute atomic E-state index is 0.0478. The first-order chi connectivity index (χ1) is 16.3. The van der Waals surface area contributed by atoms with Gasteiger partial charge < -0.3 is 14.8 Å². The molecule has 0 aliphatic rings. The highest BCUT2D eigenvalue weighted by molar-refractivity contribution is 7.80. The lowest BCUT2D eigenvalue weighted by atomic mass is 10.1. The van der Waals surface area contributed by atoms with Gasteiger partial charge in [-0.25, -0.2) is 0 Å². The van der Waals surface area contributed by atoms with Crippen LogP contribution in [0.4, 0.5) is 0 Å². The molecule has 8 nitrogen and oxygen atoms in total. The molecule has 0 unspecified atom stereocenters. The van der Waals surface area contributed by atoms with Crippen molar-refractivity contribution in [2.24, 2.45) is 0 Å². The molecule has 9 heteroatoms. The SMILES string of the molecule is Cc1ccc(OCC(=O)NNC(=S)NC(=O)CCCC(=O)OCCCc2ccccc2)c(C)c1. The molecule has 0 bridgehead atoms. The maximum Gasteiger partial charge on any atom is 0.305 e. The van der Waals surface area contributed by atoms with E-state index >= 15 is 0 Å². The second kappa shape index (κ2) is 14.6. The van der Waals surface area contributed by atoms with E-state index in [0.29, 0.717) is 18.8 Å². The molecule has 34 heavy (non-hydrogen) atoms. The van der Waals surface area contributed by atoms with E-state index in [2.05, 4.69) is 16.2 Å². The molecule has 0 atom stereocenters. The summed E-state index contributed by atoms with van der Waals surface area (Å²) in [5.74, 6) is -0.536. The molecule has 0 saturated heterocycles. The number of thiocarbonyl (C=S) groups is 1. The van der Waals surface area contributed by atoms with Crippen molar-refractivity contribution in [2.45, 2.75) is 46.0 Å². The highest BCUT2D eigenvalue weighted by Gasteiger charge is 2.09. The third-order valence-electron chi connectivity index (χ3n) is 4.76. The average Bonchev–Trinajstić information content (AvgIpc) is 2.80. The highest BCUT2D eigenvalue weighted by Crippen LogP contribution is 2.18. The fraction of sp³-hybridized carbons (Fsp3) is 0.360. The van der Waals surface area contributed by atoms with Gasteiger partial charge >= 0.3 is 5.97 Å². The summed E-state index contributed by atoms with van der Waals surface area (Å²) < 4.78 is 10.7. The van der Waals surface area contributed by atoms with E-state index in [9.17, 15) is 14.4 Å². The summed E-state index contributed by atoms with van der Waals surface area (Å²) in [6.07, 6.45) is 2.17. The van der Waals surface area contributed by atoms with E-state index in [1.165, 1.54) is 5.56 Å². The Kier molecular flexibility index (Phi) is 11.5. The van der Waals surface area contributed by atoms with Crippen LogP contribution in [0.25, 0.3) is 0 Å². The van der Waals surface area contributed by atoms with Gasteiger partial charge in [0.1, 0.15) is 5.75 Å². The number of rotatable bonds is 11. The number of esters is 1. The molecular formula is C25H31N3O5S. The molecule has 0 aromatic heterocycles. The first-order valence-corrected chi connectivity index (χ1v) is 11.5. The number of carbonyl (C=O) groups is 3. The Morgan fingerprint density at radius 1 is 0.912 bits per heavy atom. The molecule has 0 fully saturated rings. The quantitative estimate of drug-likeness (QED) is 0.194. The third kappa shape index (κ3) is 10.9. The molecule has 2 amide bonds. The number of hydrazine groups is 1. The molecule has 0 saturated carbocycles. The van der Waals surface area contributed by atoms with Crippen LogP contribution in [0.2, 0.25) is 0 Å². The van der Waals surface area contributed by atoms with Crippen LogP contribution < -0.4 is 20.9 Å². The van der Waals surface area contributed by atoms with Crippen molar-refractivity contribution in [1.82, 2.24) is 16.2 Å². The highest BCUT2D eigenvalue weighted by atomic mass is 32.1. The van der Waals surface area contributed by atoms with Crippen molar-refractivity contribution < 1.29 is 23.9 Å². The lowest BCUT2D eigenvalue weighted by molar-refractivity contribution is -0.143. The van der Waals surface area contributed by atoms with Crippen LogP contribution in [-0.4, -0.2) is 36.1 Å². The summed E-state index contributed by atoms with van der Waals surface area (Å²) >= 11 is 4.98. The van der Waals surface area contributed by atoms with E-state index in [-0.39, 0.29) is 36.4 Å². The van der Waals surface area contributed by atoms with E-state index in [1.54, 1.807) is 6.07 Å². The van der Waals surface area contributed by atoms with Gasteiger partial charge in [-0.3, -0.25) is 25.2 Å². The van der Waals surface area contributed by atoms with Crippen LogP contribution in [0, 0.1) is 13.8 Å². The second-order valence-corrected chi connectivity index (χ2v) is 8.18. The Bertz CT molecular complexity index is 982. The number of benzene rings is 2. The van der Waals surface area contributed by atoms with Gasteiger partial charge in [-0.2, -0.15) is 0 Å². The summed E-state index contributed by atoms with van der Waals surface area (Å²) in [6.45, 7) is 4.01. The topological polar surface area (TPSA) is 106 Å². The molecule has 2 aromatic rings. The molecule has 0 spiro atoms. The van der Waals surface area contributed by atoms with Crippen LogP contribution in [-0.2, 0) is 25.5 Å². The van der Waals surface area contributed by atoms with E-state index < -0.39 is 5.91 Å². The minimum Gasteiger partial charge on any atom is -0.483 e. The van der Waals surface area contributed by atoms with Crippen LogP contribution in [0.1, 0.15) is 42.4 Å². The fourth-order valence-corrected chi connectivity index (χ4v) is 3.22. The number of carbonyl (C=O) groups excluding carboxylic acids is 3. The predicted octanol–water partition coefficient (Wildman–Crippen LogP) is 3.05. The van der Waals surface area contributed by atoms with Crippen molar-refractivity contribution in [2.75, 3.05) is 13.2 Å². The Labute approximate surface area is 205 Å². The van der Waals surface area contributed by atoms with Crippen LogP contribution in [0.15, 0.2) is 48.5 Å². The molecule has 182 valence electrons. The molecule has 0 heterocycles. The van der Waals surface area contributed by atoms with E-state index in [4.69, 9.17) is 21.7 Å². The van der Waals surface area contributed by atoms with Crippen molar-refractivity contribution in [3.8, 4) is 5.75 Å². The molecule has 0 aliphatic heterocycles. The van der Waals surface area contributed by atoms with Crippen LogP contribution in [0.5, 0.6) is 5.75 Å². The van der Waals surface area contributed by atoms with Gasteiger partial charge in [-0.1, -0.05) is 48.0 Å². The minimum atomic E-state index is -0.452. The zero-order chi connectivity index (χ0) is 24.8. The molecule has 3 N–H and O–H groups in total.